The molecule has 0 atom stereocenters. The van der Waals surface area contributed by atoms with Gasteiger partial charge in [0, 0.05) is 19.3 Å². The van der Waals surface area contributed by atoms with Crippen molar-refractivity contribution in [1.29, 1.82) is 0 Å². The second kappa shape index (κ2) is 8.51. The van der Waals surface area contributed by atoms with Gasteiger partial charge in [-0.3, -0.25) is 0 Å². The smallest absolute Gasteiger partial charge is 0.407 e. The summed E-state index contributed by atoms with van der Waals surface area (Å²) in [6.45, 7) is 7.43. The van der Waals surface area contributed by atoms with Crippen molar-refractivity contribution < 1.29 is 19.1 Å². The van der Waals surface area contributed by atoms with E-state index in [0.717, 1.165) is 12.8 Å². The summed E-state index contributed by atoms with van der Waals surface area (Å²) in [7, 11) is 0. The minimum Gasteiger partial charge on any atom is -0.444 e. The predicted octanol–water partition coefficient (Wildman–Crippen LogP) is 1.50. The molecule has 1 aliphatic rings. The van der Waals surface area contributed by atoms with E-state index in [-0.39, 0.29) is 6.03 Å². The molecule has 1 aliphatic heterocycles. The van der Waals surface area contributed by atoms with Gasteiger partial charge in [-0.15, -0.1) is 0 Å². The Morgan fingerprint density at radius 3 is 2.43 bits per heavy atom. The fraction of sp³-hybridized carbons (Fsp3) is 0.714. The molecule has 0 spiro atoms. The van der Waals surface area contributed by atoms with Gasteiger partial charge in [-0.1, -0.05) is 0 Å². The number of urea groups is 1. The maximum Gasteiger partial charge on any atom is 0.407 e. The molecule has 7 nitrogen and oxygen atoms in total. The van der Waals surface area contributed by atoms with E-state index in [2.05, 4.69) is 16.0 Å². The number of carbonyl (C=O) groups excluding carboxylic acids is 2. The Balaban J connectivity index is 2.09. The molecule has 0 aromatic heterocycles. The zero-order chi connectivity index (χ0) is 15.7. The molecule has 0 aromatic rings. The summed E-state index contributed by atoms with van der Waals surface area (Å²) in [5, 5.41) is 7.88. The van der Waals surface area contributed by atoms with Crippen molar-refractivity contribution in [3.63, 3.8) is 0 Å². The predicted molar refractivity (Wildman–Crippen MR) is 78.9 cm³/mol. The number of hydrogen-bond donors (Lipinski definition) is 3. The van der Waals surface area contributed by atoms with Crippen LogP contribution in [0, 0.1) is 0 Å². The molecule has 7 heteroatoms. The standard InChI is InChI=1S/C14H25N3O4/c1-14(2,3)21-13(19)16-7-6-15-12(18)17-10-11-4-8-20-9-5-11/h10H,4-9H2,1-3H3,(H,16,19)(H2,15,17,18). The van der Waals surface area contributed by atoms with Gasteiger partial charge in [-0.2, -0.15) is 0 Å². The quantitative estimate of drug-likeness (QED) is 0.686. The molecular weight excluding hydrogens is 274 g/mol. The van der Waals surface area contributed by atoms with Crippen LogP contribution >= 0.6 is 0 Å². The highest BCUT2D eigenvalue weighted by Crippen LogP contribution is 2.11. The SMILES string of the molecule is CC(C)(C)OC(=O)NCCNC(=O)NC=C1CCOCC1. The minimum absolute atomic E-state index is 0.292. The Morgan fingerprint density at radius 2 is 1.81 bits per heavy atom. The third-order valence-electron chi connectivity index (χ3n) is 2.62. The zero-order valence-corrected chi connectivity index (χ0v) is 13.0. The molecule has 3 N–H and O–H groups in total. The Labute approximate surface area is 125 Å². The second-order valence-electron chi connectivity index (χ2n) is 5.74. The number of carbonyl (C=O) groups is 2. The summed E-state index contributed by atoms with van der Waals surface area (Å²) in [5.74, 6) is 0. The number of ether oxygens (including phenoxy) is 2. The first-order chi connectivity index (χ1) is 9.87. The summed E-state index contributed by atoms with van der Waals surface area (Å²) in [6, 6.07) is -0.292. The normalized spacial score (nSPS) is 15.1. The Hall–Kier alpha value is -1.76. The molecule has 0 unspecified atom stereocenters. The first-order valence-corrected chi connectivity index (χ1v) is 7.14. The molecule has 1 rings (SSSR count). The highest BCUT2D eigenvalue weighted by molar-refractivity contribution is 5.75. The molecule has 1 saturated heterocycles. The molecule has 120 valence electrons. The summed E-state index contributed by atoms with van der Waals surface area (Å²) in [4.78, 5) is 22.9. The van der Waals surface area contributed by atoms with Crippen molar-refractivity contribution in [3.05, 3.63) is 11.8 Å². The van der Waals surface area contributed by atoms with Crippen molar-refractivity contribution in [2.75, 3.05) is 26.3 Å². The van der Waals surface area contributed by atoms with Gasteiger partial charge in [0.2, 0.25) is 0 Å². The lowest BCUT2D eigenvalue weighted by molar-refractivity contribution is 0.0528. The molecule has 0 aliphatic carbocycles. The van der Waals surface area contributed by atoms with Gasteiger partial charge in [0.25, 0.3) is 0 Å². The number of nitrogens with one attached hydrogen (secondary N) is 3. The summed E-state index contributed by atoms with van der Waals surface area (Å²) in [5.41, 5.74) is 0.647. The van der Waals surface area contributed by atoms with Gasteiger partial charge in [0.1, 0.15) is 5.60 Å². The average molecular weight is 299 g/mol. The van der Waals surface area contributed by atoms with E-state index in [9.17, 15) is 9.59 Å². The Morgan fingerprint density at radius 1 is 1.19 bits per heavy atom. The molecule has 0 saturated carbocycles. The monoisotopic (exact) mass is 299 g/mol. The van der Waals surface area contributed by atoms with E-state index in [1.807, 2.05) is 0 Å². The molecule has 1 heterocycles. The van der Waals surface area contributed by atoms with Crippen LogP contribution in [-0.4, -0.2) is 44.0 Å². The van der Waals surface area contributed by atoms with E-state index in [1.165, 1.54) is 5.57 Å². The first-order valence-electron chi connectivity index (χ1n) is 7.14. The van der Waals surface area contributed by atoms with Crippen molar-refractivity contribution in [2.45, 2.75) is 39.2 Å². The summed E-state index contributed by atoms with van der Waals surface area (Å²) >= 11 is 0. The van der Waals surface area contributed by atoms with E-state index in [0.29, 0.717) is 26.3 Å². The zero-order valence-electron chi connectivity index (χ0n) is 13.0. The van der Waals surface area contributed by atoms with Crippen LogP contribution in [0.15, 0.2) is 11.8 Å². The van der Waals surface area contributed by atoms with Crippen LogP contribution in [0.5, 0.6) is 0 Å². The third-order valence-corrected chi connectivity index (χ3v) is 2.62. The lowest BCUT2D eigenvalue weighted by Crippen LogP contribution is -2.40. The highest BCUT2D eigenvalue weighted by Gasteiger charge is 2.15. The maximum absolute atomic E-state index is 11.5. The van der Waals surface area contributed by atoms with Gasteiger partial charge in [-0.25, -0.2) is 9.59 Å². The van der Waals surface area contributed by atoms with Gasteiger partial charge in [0.05, 0.1) is 13.2 Å². The summed E-state index contributed by atoms with van der Waals surface area (Å²) in [6.07, 6.45) is 2.93. The van der Waals surface area contributed by atoms with Crippen molar-refractivity contribution in [2.24, 2.45) is 0 Å². The number of alkyl carbamates (subject to hydrolysis) is 1. The van der Waals surface area contributed by atoms with Crippen LogP contribution in [0.25, 0.3) is 0 Å². The van der Waals surface area contributed by atoms with Crippen molar-refractivity contribution in [3.8, 4) is 0 Å². The van der Waals surface area contributed by atoms with Crippen LogP contribution in [0.4, 0.5) is 9.59 Å². The van der Waals surface area contributed by atoms with Gasteiger partial charge < -0.3 is 25.4 Å². The average Bonchev–Trinajstić information content (AvgIpc) is 2.40. The molecule has 21 heavy (non-hydrogen) atoms. The van der Waals surface area contributed by atoms with Crippen LogP contribution < -0.4 is 16.0 Å². The highest BCUT2D eigenvalue weighted by atomic mass is 16.6. The number of amides is 3. The topological polar surface area (TPSA) is 88.7 Å². The van der Waals surface area contributed by atoms with Crippen LogP contribution in [0.1, 0.15) is 33.6 Å². The number of rotatable bonds is 4. The third kappa shape index (κ3) is 8.91. The molecule has 0 aromatic carbocycles. The molecule has 3 amide bonds. The van der Waals surface area contributed by atoms with Crippen LogP contribution in [0.3, 0.4) is 0 Å². The minimum atomic E-state index is -0.523. The maximum atomic E-state index is 11.5. The van der Waals surface area contributed by atoms with E-state index in [1.54, 1.807) is 27.0 Å². The molecule has 0 bridgehead atoms. The lowest BCUT2D eigenvalue weighted by Gasteiger charge is -2.19. The van der Waals surface area contributed by atoms with Crippen LogP contribution in [-0.2, 0) is 9.47 Å². The van der Waals surface area contributed by atoms with Crippen molar-refractivity contribution >= 4 is 12.1 Å². The van der Waals surface area contributed by atoms with Gasteiger partial charge in [0.15, 0.2) is 0 Å². The summed E-state index contributed by atoms with van der Waals surface area (Å²) < 4.78 is 10.3. The van der Waals surface area contributed by atoms with Gasteiger partial charge in [-0.05, 0) is 39.2 Å². The van der Waals surface area contributed by atoms with Crippen molar-refractivity contribution in [1.82, 2.24) is 16.0 Å². The Kier molecular flexibility index (Phi) is 7.01. The number of hydrogen-bond acceptors (Lipinski definition) is 4. The molecular formula is C14H25N3O4. The van der Waals surface area contributed by atoms with E-state index < -0.39 is 11.7 Å². The molecule has 1 fully saturated rings. The fourth-order valence-corrected chi connectivity index (χ4v) is 1.65. The van der Waals surface area contributed by atoms with Gasteiger partial charge >= 0.3 is 12.1 Å². The first kappa shape index (κ1) is 17.3. The Bertz CT molecular complexity index is 380. The largest absolute Gasteiger partial charge is 0.444 e. The molecule has 0 radical (unpaired) electrons. The lowest BCUT2D eigenvalue weighted by atomic mass is 10.1. The fourth-order valence-electron chi connectivity index (χ4n) is 1.65. The van der Waals surface area contributed by atoms with Crippen LogP contribution in [0.2, 0.25) is 0 Å². The van der Waals surface area contributed by atoms with E-state index >= 15 is 0 Å². The second-order valence-corrected chi connectivity index (χ2v) is 5.74. The van der Waals surface area contributed by atoms with E-state index in [4.69, 9.17) is 9.47 Å².